The van der Waals surface area contributed by atoms with Gasteiger partial charge in [-0.3, -0.25) is 0 Å². The summed E-state index contributed by atoms with van der Waals surface area (Å²) < 4.78 is 28.3. The van der Waals surface area contributed by atoms with Gasteiger partial charge in [0.15, 0.2) is 0 Å². The maximum absolute atomic E-state index is 12.8. The molecule has 0 saturated carbocycles. The monoisotopic (exact) mass is 366 g/mol. The second kappa shape index (κ2) is 6.22. The molecular formula is C12H19BrN2O2S2. The van der Waals surface area contributed by atoms with Crippen molar-refractivity contribution in [3.8, 4) is 0 Å². The molecule has 7 heteroatoms. The summed E-state index contributed by atoms with van der Waals surface area (Å²) in [6, 6.07) is 1.99. The van der Waals surface area contributed by atoms with Crippen molar-refractivity contribution in [1.29, 1.82) is 0 Å². The molecule has 2 atom stereocenters. The lowest BCUT2D eigenvalue weighted by atomic mass is 9.99. The van der Waals surface area contributed by atoms with E-state index in [4.69, 9.17) is 0 Å². The lowest BCUT2D eigenvalue weighted by molar-refractivity contribution is 0.213. The second-order valence-electron chi connectivity index (χ2n) is 4.81. The van der Waals surface area contributed by atoms with Crippen molar-refractivity contribution in [1.82, 2.24) is 9.62 Å². The van der Waals surface area contributed by atoms with Crippen LogP contribution in [0.3, 0.4) is 0 Å². The molecule has 19 heavy (non-hydrogen) atoms. The molecule has 0 aliphatic carbocycles. The van der Waals surface area contributed by atoms with E-state index >= 15 is 0 Å². The predicted octanol–water partition coefficient (Wildman–Crippen LogP) is 2.66. The van der Waals surface area contributed by atoms with Crippen molar-refractivity contribution < 1.29 is 8.42 Å². The van der Waals surface area contributed by atoms with E-state index in [0.717, 1.165) is 19.3 Å². The molecule has 2 unspecified atom stereocenters. The number of rotatable bonds is 4. The summed E-state index contributed by atoms with van der Waals surface area (Å²) in [4.78, 5) is 0. The third-order valence-electron chi connectivity index (χ3n) is 3.66. The average Bonchev–Trinajstić information content (AvgIpc) is 2.85. The van der Waals surface area contributed by atoms with Crippen molar-refractivity contribution in [3.05, 3.63) is 15.9 Å². The molecule has 1 fully saturated rings. The summed E-state index contributed by atoms with van der Waals surface area (Å²) in [6.07, 6.45) is 2.95. The smallest absolute Gasteiger partial charge is 0.254 e. The van der Waals surface area contributed by atoms with E-state index in [1.165, 1.54) is 11.3 Å². The molecule has 2 heterocycles. The molecule has 1 saturated heterocycles. The third kappa shape index (κ3) is 3.05. The highest BCUT2D eigenvalue weighted by Gasteiger charge is 2.37. The maximum atomic E-state index is 12.8. The molecule has 1 aromatic heterocycles. The molecule has 4 nitrogen and oxygen atoms in total. The topological polar surface area (TPSA) is 49.4 Å². The van der Waals surface area contributed by atoms with Gasteiger partial charge in [0.25, 0.3) is 10.0 Å². The fraction of sp³-hybridized carbons (Fsp3) is 0.667. The summed E-state index contributed by atoms with van der Waals surface area (Å²) >= 11 is 4.61. The van der Waals surface area contributed by atoms with Crippen LogP contribution in [0.2, 0.25) is 0 Å². The summed E-state index contributed by atoms with van der Waals surface area (Å²) in [7, 11) is -1.51. The highest BCUT2D eigenvalue weighted by Crippen LogP contribution is 2.34. The van der Waals surface area contributed by atoms with Gasteiger partial charge in [-0.05, 0) is 54.2 Å². The van der Waals surface area contributed by atoms with Crippen LogP contribution in [0.4, 0.5) is 0 Å². The van der Waals surface area contributed by atoms with E-state index in [0.29, 0.717) is 15.2 Å². The maximum Gasteiger partial charge on any atom is 0.254 e. The van der Waals surface area contributed by atoms with Gasteiger partial charge in [0.05, 0.1) is 0 Å². The van der Waals surface area contributed by atoms with Crippen molar-refractivity contribution in [2.75, 3.05) is 13.6 Å². The van der Waals surface area contributed by atoms with Crippen molar-refractivity contribution in [2.45, 2.75) is 42.5 Å². The van der Waals surface area contributed by atoms with E-state index in [9.17, 15) is 8.42 Å². The number of nitrogens with one attached hydrogen (secondary N) is 1. The Bertz CT molecular complexity index is 530. The van der Waals surface area contributed by atoms with Gasteiger partial charge in [-0.2, -0.15) is 4.31 Å². The average molecular weight is 367 g/mol. The normalized spacial score (nSPS) is 23.4. The predicted molar refractivity (Wildman–Crippen MR) is 82.1 cm³/mol. The van der Waals surface area contributed by atoms with Gasteiger partial charge in [-0.25, -0.2) is 8.42 Å². The van der Waals surface area contributed by atoms with Crippen molar-refractivity contribution in [3.63, 3.8) is 0 Å². The number of hydrogen-bond acceptors (Lipinski definition) is 4. The lowest BCUT2D eigenvalue weighted by Gasteiger charge is -2.37. The van der Waals surface area contributed by atoms with Gasteiger partial charge in [0.2, 0.25) is 0 Å². The molecule has 1 aliphatic rings. The Morgan fingerprint density at radius 2 is 2.26 bits per heavy atom. The molecule has 0 radical (unpaired) electrons. The van der Waals surface area contributed by atoms with Crippen molar-refractivity contribution >= 4 is 37.3 Å². The Morgan fingerprint density at radius 3 is 2.84 bits per heavy atom. The SMILES string of the molecule is CNC(C)C1CCCCN1S(=O)(=O)c1sccc1Br. The first-order valence-corrected chi connectivity index (χ1v) is 9.52. The van der Waals surface area contributed by atoms with Gasteiger partial charge in [0.1, 0.15) is 4.21 Å². The number of piperidine rings is 1. The van der Waals surface area contributed by atoms with E-state index in [-0.39, 0.29) is 12.1 Å². The Hall–Kier alpha value is 0.0500. The summed E-state index contributed by atoms with van der Waals surface area (Å²) in [5.41, 5.74) is 0. The molecule has 0 aromatic carbocycles. The van der Waals surface area contributed by atoms with Crippen LogP contribution in [0.1, 0.15) is 26.2 Å². The summed E-state index contributed by atoms with van der Waals surface area (Å²) in [5, 5.41) is 4.99. The fourth-order valence-electron chi connectivity index (χ4n) is 2.49. The van der Waals surface area contributed by atoms with Crippen LogP contribution in [0.5, 0.6) is 0 Å². The number of sulfonamides is 1. The minimum absolute atomic E-state index is 0.0396. The van der Waals surface area contributed by atoms with E-state index in [1.807, 2.05) is 14.0 Å². The van der Waals surface area contributed by atoms with Gasteiger partial charge in [-0.15, -0.1) is 11.3 Å². The van der Waals surface area contributed by atoms with E-state index < -0.39 is 10.0 Å². The lowest BCUT2D eigenvalue weighted by Crippen LogP contribution is -2.52. The van der Waals surface area contributed by atoms with Crippen LogP contribution in [-0.2, 0) is 10.0 Å². The molecule has 2 rings (SSSR count). The van der Waals surface area contributed by atoms with Gasteiger partial charge < -0.3 is 5.32 Å². The molecule has 0 bridgehead atoms. The van der Waals surface area contributed by atoms with Gasteiger partial charge in [0, 0.05) is 23.1 Å². The molecule has 1 aromatic rings. The molecule has 0 spiro atoms. The quantitative estimate of drug-likeness (QED) is 0.890. The Kier molecular flexibility index (Phi) is 5.05. The van der Waals surface area contributed by atoms with E-state index in [2.05, 4.69) is 21.2 Å². The first-order valence-electron chi connectivity index (χ1n) is 6.40. The zero-order valence-electron chi connectivity index (χ0n) is 11.1. The van der Waals surface area contributed by atoms with Crippen LogP contribution in [0, 0.1) is 0 Å². The van der Waals surface area contributed by atoms with Crippen LogP contribution in [-0.4, -0.2) is 38.4 Å². The number of nitrogens with zero attached hydrogens (tertiary/aromatic N) is 1. The first kappa shape index (κ1) is 15.4. The summed E-state index contributed by atoms with van der Waals surface area (Å²) in [6.45, 7) is 2.66. The Balaban J connectivity index is 2.34. The number of likely N-dealkylation sites (N-methyl/N-ethyl adjacent to an activating group) is 1. The highest BCUT2D eigenvalue weighted by molar-refractivity contribution is 9.10. The van der Waals surface area contributed by atoms with Gasteiger partial charge in [-0.1, -0.05) is 6.42 Å². The molecular weight excluding hydrogens is 348 g/mol. The van der Waals surface area contributed by atoms with Crippen LogP contribution < -0.4 is 5.32 Å². The highest BCUT2D eigenvalue weighted by atomic mass is 79.9. The minimum Gasteiger partial charge on any atom is -0.316 e. The Morgan fingerprint density at radius 1 is 1.53 bits per heavy atom. The standard InChI is InChI=1S/C12H19BrN2O2S2/c1-9(14-2)11-5-3-4-7-15(11)19(16,17)12-10(13)6-8-18-12/h6,8-9,11,14H,3-5,7H2,1-2H3. The number of hydrogen-bond donors (Lipinski definition) is 1. The summed E-state index contributed by atoms with van der Waals surface area (Å²) in [5.74, 6) is 0. The zero-order valence-corrected chi connectivity index (χ0v) is 14.3. The van der Waals surface area contributed by atoms with Gasteiger partial charge >= 0.3 is 0 Å². The largest absolute Gasteiger partial charge is 0.316 e. The number of halogens is 1. The van der Waals surface area contributed by atoms with Crippen LogP contribution in [0.15, 0.2) is 20.1 Å². The van der Waals surface area contributed by atoms with Crippen LogP contribution in [0.25, 0.3) is 0 Å². The van der Waals surface area contributed by atoms with E-state index in [1.54, 1.807) is 15.8 Å². The van der Waals surface area contributed by atoms with Crippen molar-refractivity contribution in [2.24, 2.45) is 0 Å². The molecule has 0 amide bonds. The van der Waals surface area contributed by atoms with Crippen LogP contribution >= 0.6 is 27.3 Å². The fourth-order valence-corrected chi connectivity index (χ4v) is 6.68. The zero-order chi connectivity index (χ0) is 14.0. The number of thiophene rings is 1. The second-order valence-corrected chi connectivity index (χ2v) is 8.67. The molecule has 108 valence electrons. The Labute approximate surface area is 127 Å². The molecule has 1 aliphatic heterocycles. The minimum atomic E-state index is -3.39. The third-order valence-corrected chi connectivity index (χ3v) is 8.23. The molecule has 1 N–H and O–H groups in total. The first-order chi connectivity index (χ1) is 8.98.